The van der Waals surface area contributed by atoms with Gasteiger partial charge in [-0.25, -0.2) is 9.79 Å². The largest absolute Gasteiger partial charge is 0.461 e. The van der Waals surface area contributed by atoms with E-state index in [1.165, 1.54) is 23.4 Å². The minimum absolute atomic E-state index is 0.0794. The lowest BCUT2D eigenvalue weighted by Gasteiger charge is -2.25. The van der Waals surface area contributed by atoms with Crippen LogP contribution in [0.5, 0.6) is 0 Å². The Morgan fingerprint density at radius 2 is 1.91 bits per heavy atom. The Bertz CT molecular complexity index is 1040. The van der Waals surface area contributed by atoms with E-state index in [4.69, 9.17) is 4.74 Å². The molecule has 1 unspecified atom stereocenters. The number of nitrogens with one attached hydrogen (secondary N) is 1. The Morgan fingerprint density at radius 3 is 2.59 bits per heavy atom. The molecule has 32 heavy (non-hydrogen) atoms. The molecule has 1 aliphatic rings. The molecule has 0 aliphatic carbocycles. The first kappa shape index (κ1) is 23.5. The van der Waals surface area contributed by atoms with Crippen LogP contribution in [0.4, 0.5) is 5.69 Å². The van der Waals surface area contributed by atoms with Gasteiger partial charge in [0.15, 0.2) is 5.17 Å². The quantitative estimate of drug-likeness (QED) is 0.367. The number of ether oxygens (including phenoxy) is 1. The molecule has 8 nitrogen and oxygen atoms in total. The van der Waals surface area contributed by atoms with Crippen molar-refractivity contribution in [3.05, 3.63) is 87.1 Å². The van der Waals surface area contributed by atoms with E-state index < -0.39 is 16.9 Å². The molecule has 1 N–H and O–H groups in total. The number of nitrogens with zero attached hydrogens (tertiary/aromatic N) is 3. The van der Waals surface area contributed by atoms with Crippen molar-refractivity contribution >= 4 is 28.6 Å². The number of rotatable bonds is 8. The average molecular weight is 455 g/mol. The predicted molar refractivity (Wildman–Crippen MR) is 126 cm³/mol. The van der Waals surface area contributed by atoms with Crippen molar-refractivity contribution in [3.63, 3.8) is 0 Å². The lowest BCUT2D eigenvalue weighted by Crippen LogP contribution is -2.31. The lowest BCUT2D eigenvalue weighted by atomic mass is 9.95. The highest BCUT2D eigenvalue weighted by molar-refractivity contribution is 8.13. The molecule has 0 fully saturated rings. The van der Waals surface area contributed by atoms with E-state index in [9.17, 15) is 14.9 Å². The van der Waals surface area contributed by atoms with Crippen LogP contribution in [0.25, 0.3) is 0 Å². The summed E-state index contributed by atoms with van der Waals surface area (Å²) in [7, 11) is 1.96. The number of thioether (sulfide) groups is 1. The third-order valence-corrected chi connectivity index (χ3v) is 5.66. The van der Waals surface area contributed by atoms with E-state index in [1.54, 1.807) is 25.1 Å². The van der Waals surface area contributed by atoms with Gasteiger partial charge in [-0.15, -0.1) is 0 Å². The van der Waals surface area contributed by atoms with Crippen molar-refractivity contribution in [2.24, 2.45) is 4.99 Å². The Labute approximate surface area is 191 Å². The first-order valence-corrected chi connectivity index (χ1v) is 11.4. The van der Waals surface area contributed by atoms with Crippen LogP contribution in [-0.2, 0) is 16.1 Å². The van der Waals surface area contributed by atoms with Crippen LogP contribution < -0.4 is 5.32 Å². The zero-order valence-electron chi connectivity index (χ0n) is 18.3. The van der Waals surface area contributed by atoms with E-state index in [0.29, 0.717) is 23.0 Å². The Balaban J connectivity index is 1.74. The maximum Gasteiger partial charge on any atom is 0.338 e. The maximum absolute atomic E-state index is 13.0. The molecule has 9 heteroatoms. The summed E-state index contributed by atoms with van der Waals surface area (Å²) in [6, 6.07) is 15.6. The molecule has 3 rings (SSSR count). The van der Waals surface area contributed by atoms with Crippen LogP contribution in [0.3, 0.4) is 0 Å². The number of hydrogen-bond donors (Lipinski definition) is 1. The van der Waals surface area contributed by atoms with E-state index >= 15 is 0 Å². The summed E-state index contributed by atoms with van der Waals surface area (Å²) in [5.74, 6) is -0.532. The van der Waals surface area contributed by atoms with Gasteiger partial charge in [0.2, 0.25) is 0 Å². The SMILES string of the molecule is CSC1=NC(c2ccccc2[N+](=O)[O-])C(C(=O)OCCN(C)Cc2ccccc2)=C(C)N1. The lowest BCUT2D eigenvalue weighted by molar-refractivity contribution is -0.385. The standard InChI is InChI=1S/C23H26N4O4S/c1-16-20(22(28)31-14-13-26(2)15-17-9-5-4-6-10-17)21(25-23(24-16)32-3)18-11-7-8-12-19(18)27(29)30/h4-12,21H,13-15H2,1-3H3,(H,24,25). The van der Waals surface area contributed by atoms with Crippen LogP contribution in [-0.4, -0.2) is 47.4 Å². The Morgan fingerprint density at radius 1 is 1.22 bits per heavy atom. The van der Waals surface area contributed by atoms with Crippen molar-refractivity contribution in [1.29, 1.82) is 0 Å². The van der Waals surface area contributed by atoms with Crippen LogP contribution in [0, 0.1) is 10.1 Å². The van der Waals surface area contributed by atoms with Gasteiger partial charge in [-0.1, -0.05) is 54.2 Å². The number of nitro benzene ring substituents is 1. The summed E-state index contributed by atoms with van der Waals surface area (Å²) in [5, 5.41) is 15.2. The number of benzene rings is 2. The maximum atomic E-state index is 13.0. The van der Waals surface area contributed by atoms with Gasteiger partial charge in [-0.05, 0) is 31.9 Å². The van der Waals surface area contributed by atoms with Crippen LogP contribution in [0.15, 0.2) is 70.9 Å². The average Bonchev–Trinajstić information content (AvgIpc) is 2.79. The molecule has 0 aromatic heterocycles. The monoisotopic (exact) mass is 454 g/mol. The van der Waals surface area contributed by atoms with Crippen molar-refractivity contribution in [2.45, 2.75) is 19.5 Å². The summed E-state index contributed by atoms with van der Waals surface area (Å²) in [4.78, 5) is 30.8. The molecular formula is C23H26N4O4S. The van der Waals surface area contributed by atoms with E-state index in [0.717, 1.165) is 6.54 Å². The second kappa shape index (κ2) is 10.9. The first-order chi connectivity index (χ1) is 15.4. The third kappa shape index (κ3) is 5.74. The number of carbonyl (C=O) groups excluding carboxylic acids is 1. The smallest absolute Gasteiger partial charge is 0.338 e. The Hall–Kier alpha value is -3.17. The number of likely N-dealkylation sites (N-methyl/N-ethyl adjacent to an activating group) is 1. The number of amidine groups is 1. The number of nitro groups is 1. The van der Waals surface area contributed by atoms with Crippen LogP contribution in [0.2, 0.25) is 0 Å². The summed E-state index contributed by atoms with van der Waals surface area (Å²) in [5.41, 5.74) is 2.31. The van der Waals surface area contributed by atoms with E-state index in [-0.39, 0.29) is 17.9 Å². The number of carbonyl (C=O) groups is 1. The predicted octanol–water partition coefficient (Wildman–Crippen LogP) is 3.91. The van der Waals surface area contributed by atoms with Gasteiger partial charge in [0.05, 0.1) is 16.1 Å². The molecule has 1 heterocycles. The third-order valence-electron chi connectivity index (χ3n) is 5.06. The van der Waals surface area contributed by atoms with Gasteiger partial charge >= 0.3 is 5.97 Å². The summed E-state index contributed by atoms with van der Waals surface area (Å²) in [6.07, 6.45) is 1.85. The highest BCUT2D eigenvalue weighted by Gasteiger charge is 2.34. The van der Waals surface area contributed by atoms with Crippen LogP contribution in [0.1, 0.15) is 24.1 Å². The van der Waals surface area contributed by atoms with E-state index in [1.807, 2.05) is 43.6 Å². The zero-order valence-corrected chi connectivity index (χ0v) is 19.1. The number of allylic oxidation sites excluding steroid dienone is 1. The van der Waals surface area contributed by atoms with Gasteiger partial charge in [-0.3, -0.25) is 15.0 Å². The molecule has 1 aliphatic heterocycles. The van der Waals surface area contributed by atoms with Gasteiger partial charge in [0, 0.05) is 24.9 Å². The van der Waals surface area contributed by atoms with Gasteiger partial charge < -0.3 is 10.1 Å². The van der Waals surface area contributed by atoms with Crippen molar-refractivity contribution in [2.75, 3.05) is 26.5 Å². The van der Waals surface area contributed by atoms with Crippen LogP contribution >= 0.6 is 11.8 Å². The fourth-order valence-corrected chi connectivity index (χ4v) is 3.94. The zero-order chi connectivity index (χ0) is 23.1. The summed E-state index contributed by atoms with van der Waals surface area (Å²) in [6.45, 7) is 3.24. The fourth-order valence-electron chi connectivity index (χ4n) is 3.47. The molecular weight excluding hydrogens is 428 g/mol. The van der Waals surface area contributed by atoms with E-state index in [2.05, 4.69) is 15.2 Å². The van der Waals surface area contributed by atoms with Gasteiger partial charge in [0.1, 0.15) is 12.6 Å². The molecule has 168 valence electrons. The molecule has 2 aromatic rings. The highest BCUT2D eigenvalue weighted by Crippen LogP contribution is 2.37. The minimum Gasteiger partial charge on any atom is -0.461 e. The minimum atomic E-state index is -0.810. The molecule has 0 bridgehead atoms. The molecule has 0 spiro atoms. The molecule has 0 saturated heterocycles. The Kier molecular flexibility index (Phi) is 8.02. The molecule has 0 amide bonds. The number of esters is 1. The molecule has 2 aromatic carbocycles. The second-order valence-electron chi connectivity index (χ2n) is 7.38. The number of hydrogen-bond acceptors (Lipinski definition) is 8. The fraction of sp³-hybridized carbons (Fsp3) is 0.304. The number of aliphatic imine (C=N–C) groups is 1. The van der Waals surface area contributed by atoms with Crippen molar-refractivity contribution in [1.82, 2.24) is 10.2 Å². The van der Waals surface area contributed by atoms with Crippen molar-refractivity contribution in [3.8, 4) is 0 Å². The summed E-state index contributed by atoms with van der Waals surface area (Å²) >= 11 is 1.37. The number of para-hydroxylation sites is 1. The normalized spacial score (nSPS) is 15.9. The molecule has 0 saturated carbocycles. The van der Waals surface area contributed by atoms with Crippen molar-refractivity contribution < 1.29 is 14.5 Å². The molecule has 0 radical (unpaired) electrons. The topological polar surface area (TPSA) is 97.1 Å². The first-order valence-electron chi connectivity index (χ1n) is 10.1. The summed E-state index contributed by atoms with van der Waals surface area (Å²) < 4.78 is 5.56. The molecule has 1 atom stereocenters. The van der Waals surface area contributed by atoms with Gasteiger partial charge in [-0.2, -0.15) is 0 Å². The second-order valence-corrected chi connectivity index (χ2v) is 8.17. The highest BCUT2D eigenvalue weighted by atomic mass is 32.2. The van der Waals surface area contributed by atoms with Gasteiger partial charge in [0.25, 0.3) is 5.69 Å².